The van der Waals surface area contributed by atoms with E-state index in [2.05, 4.69) is 4.72 Å². The van der Waals surface area contributed by atoms with E-state index in [4.69, 9.17) is 0 Å². The van der Waals surface area contributed by atoms with Gasteiger partial charge >= 0.3 is 5.97 Å². The normalized spacial score (nSPS) is 26.3. The molecule has 0 amide bonds. The molecule has 0 bridgehead atoms. The first kappa shape index (κ1) is 14.7. The molecule has 2 aliphatic rings. The van der Waals surface area contributed by atoms with Crippen LogP contribution in [0.1, 0.15) is 39.5 Å². The highest BCUT2D eigenvalue weighted by Gasteiger charge is 2.42. The fourth-order valence-corrected chi connectivity index (χ4v) is 3.96. The third-order valence-corrected chi connectivity index (χ3v) is 5.83. The number of carboxylic acid groups (broad SMARTS) is 1. The Kier molecular flexibility index (Phi) is 3.90. The lowest BCUT2D eigenvalue weighted by atomic mass is 9.75. The quantitative estimate of drug-likeness (QED) is 0.784. The first-order valence-electron chi connectivity index (χ1n) is 6.74. The standard InChI is InChI=1S/C12H22N2O4S/c1-12(2,11(15)16)9-4-3-7-14(8-9)19(17,18)13-10-5-6-10/h9-10,13H,3-8H2,1-2H3,(H,15,16). The van der Waals surface area contributed by atoms with Crippen LogP contribution in [0.25, 0.3) is 0 Å². The molecule has 7 heteroatoms. The summed E-state index contributed by atoms with van der Waals surface area (Å²) in [6, 6.07) is 0.0814. The lowest BCUT2D eigenvalue weighted by Gasteiger charge is -2.38. The van der Waals surface area contributed by atoms with Gasteiger partial charge in [0.15, 0.2) is 0 Å². The average molecular weight is 290 g/mol. The molecule has 6 nitrogen and oxygen atoms in total. The maximum atomic E-state index is 12.1. The van der Waals surface area contributed by atoms with Crippen LogP contribution in [0.5, 0.6) is 0 Å². The van der Waals surface area contributed by atoms with Gasteiger partial charge in [-0.25, -0.2) is 0 Å². The van der Waals surface area contributed by atoms with Crippen molar-refractivity contribution in [3.05, 3.63) is 0 Å². The highest BCUT2D eigenvalue weighted by molar-refractivity contribution is 7.87. The molecule has 1 saturated carbocycles. The summed E-state index contributed by atoms with van der Waals surface area (Å²) in [6.45, 7) is 4.12. The first-order valence-corrected chi connectivity index (χ1v) is 8.18. The van der Waals surface area contributed by atoms with E-state index in [0.29, 0.717) is 19.5 Å². The van der Waals surface area contributed by atoms with Crippen LogP contribution in [0.4, 0.5) is 0 Å². The molecule has 1 atom stereocenters. The number of piperidine rings is 1. The van der Waals surface area contributed by atoms with Crippen LogP contribution in [-0.2, 0) is 15.0 Å². The molecule has 19 heavy (non-hydrogen) atoms. The minimum absolute atomic E-state index is 0.0814. The van der Waals surface area contributed by atoms with Crippen molar-refractivity contribution in [1.29, 1.82) is 0 Å². The predicted octanol–water partition coefficient (Wildman–Crippen LogP) is 0.806. The van der Waals surface area contributed by atoms with Crippen LogP contribution in [0.2, 0.25) is 0 Å². The number of hydrogen-bond donors (Lipinski definition) is 2. The largest absolute Gasteiger partial charge is 0.481 e. The van der Waals surface area contributed by atoms with E-state index in [1.165, 1.54) is 4.31 Å². The number of hydrogen-bond acceptors (Lipinski definition) is 3. The molecule has 110 valence electrons. The third-order valence-electron chi connectivity index (χ3n) is 4.19. The van der Waals surface area contributed by atoms with Gasteiger partial charge in [-0.2, -0.15) is 17.4 Å². The van der Waals surface area contributed by atoms with Crippen LogP contribution in [0.3, 0.4) is 0 Å². The van der Waals surface area contributed by atoms with Gasteiger partial charge in [0.25, 0.3) is 10.2 Å². The van der Waals surface area contributed by atoms with Crippen molar-refractivity contribution in [2.45, 2.75) is 45.6 Å². The SMILES string of the molecule is CC(C)(C(=O)O)C1CCCN(S(=O)(=O)NC2CC2)C1. The highest BCUT2D eigenvalue weighted by Crippen LogP contribution is 2.35. The summed E-state index contributed by atoms with van der Waals surface area (Å²) in [7, 11) is -3.45. The molecule has 0 aromatic heterocycles. The summed E-state index contributed by atoms with van der Waals surface area (Å²) >= 11 is 0. The van der Waals surface area contributed by atoms with E-state index < -0.39 is 21.6 Å². The fourth-order valence-electron chi connectivity index (χ4n) is 2.41. The maximum Gasteiger partial charge on any atom is 0.309 e. The van der Waals surface area contributed by atoms with E-state index in [1.54, 1.807) is 13.8 Å². The highest BCUT2D eigenvalue weighted by atomic mass is 32.2. The van der Waals surface area contributed by atoms with Crippen LogP contribution in [0.15, 0.2) is 0 Å². The monoisotopic (exact) mass is 290 g/mol. The molecule has 1 aliphatic heterocycles. The van der Waals surface area contributed by atoms with E-state index in [-0.39, 0.29) is 12.0 Å². The van der Waals surface area contributed by atoms with Crippen LogP contribution in [-0.4, -0.2) is 42.9 Å². The molecule has 0 radical (unpaired) electrons. The van der Waals surface area contributed by atoms with E-state index in [0.717, 1.165) is 19.3 Å². The van der Waals surface area contributed by atoms with E-state index >= 15 is 0 Å². The summed E-state index contributed by atoms with van der Waals surface area (Å²) in [4.78, 5) is 11.3. The molecule has 2 rings (SSSR count). The smallest absolute Gasteiger partial charge is 0.309 e. The molecule has 0 spiro atoms. The summed E-state index contributed by atoms with van der Waals surface area (Å²) < 4.78 is 28.4. The Hall–Kier alpha value is -0.660. The number of carboxylic acids is 1. The minimum atomic E-state index is -3.45. The Balaban J connectivity index is 2.06. The maximum absolute atomic E-state index is 12.1. The lowest BCUT2D eigenvalue weighted by Crippen LogP contribution is -2.50. The van der Waals surface area contributed by atoms with Gasteiger partial charge in [0.1, 0.15) is 0 Å². The number of nitrogens with one attached hydrogen (secondary N) is 1. The summed E-state index contributed by atoms with van der Waals surface area (Å²) in [6.07, 6.45) is 3.27. The van der Waals surface area contributed by atoms with Gasteiger partial charge in [0, 0.05) is 19.1 Å². The van der Waals surface area contributed by atoms with Crippen LogP contribution >= 0.6 is 0 Å². The second-order valence-corrected chi connectivity index (χ2v) is 7.82. The van der Waals surface area contributed by atoms with Gasteiger partial charge in [0.05, 0.1) is 5.41 Å². The van der Waals surface area contributed by atoms with Crippen molar-refractivity contribution in [1.82, 2.24) is 9.03 Å². The van der Waals surface area contributed by atoms with E-state index in [1.807, 2.05) is 0 Å². The number of aliphatic carboxylic acids is 1. The van der Waals surface area contributed by atoms with Gasteiger partial charge < -0.3 is 5.11 Å². The summed E-state index contributed by atoms with van der Waals surface area (Å²) in [5.41, 5.74) is -0.895. The van der Waals surface area contributed by atoms with Gasteiger partial charge in [0.2, 0.25) is 0 Å². The Labute approximate surface area is 114 Å². The van der Waals surface area contributed by atoms with Crippen LogP contribution < -0.4 is 4.72 Å². The zero-order valence-corrected chi connectivity index (χ0v) is 12.2. The number of rotatable bonds is 5. The first-order chi connectivity index (χ1) is 8.73. The molecule has 2 fully saturated rings. The Morgan fingerprint density at radius 1 is 1.32 bits per heavy atom. The second kappa shape index (κ2) is 5.03. The molecule has 0 aromatic carbocycles. The summed E-state index contributed by atoms with van der Waals surface area (Å²) in [5, 5.41) is 9.25. The van der Waals surface area contributed by atoms with Gasteiger partial charge in [-0.3, -0.25) is 4.79 Å². The van der Waals surface area contributed by atoms with Crippen LogP contribution in [0, 0.1) is 11.3 Å². The van der Waals surface area contributed by atoms with Gasteiger partial charge in [-0.05, 0) is 45.4 Å². The molecule has 1 saturated heterocycles. The Bertz CT molecular complexity index is 456. The van der Waals surface area contributed by atoms with E-state index in [9.17, 15) is 18.3 Å². The molecule has 1 unspecified atom stereocenters. The van der Waals surface area contributed by atoms with Crippen molar-refractivity contribution in [2.75, 3.05) is 13.1 Å². The molecule has 0 aromatic rings. The van der Waals surface area contributed by atoms with Crippen molar-refractivity contribution in [2.24, 2.45) is 11.3 Å². The second-order valence-electron chi connectivity index (χ2n) is 6.12. The molecule has 1 heterocycles. The topological polar surface area (TPSA) is 86.7 Å². The van der Waals surface area contributed by atoms with Crippen molar-refractivity contribution in [3.8, 4) is 0 Å². The van der Waals surface area contributed by atoms with Crippen molar-refractivity contribution >= 4 is 16.2 Å². The summed E-state index contributed by atoms with van der Waals surface area (Å²) in [5.74, 6) is -1.01. The zero-order chi connectivity index (χ0) is 14.3. The predicted molar refractivity (Wildman–Crippen MR) is 70.8 cm³/mol. The number of nitrogens with zero attached hydrogens (tertiary/aromatic N) is 1. The Morgan fingerprint density at radius 2 is 1.95 bits per heavy atom. The van der Waals surface area contributed by atoms with Gasteiger partial charge in [-0.15, -0.1) is 0 Å². The molecule has 1 aliphatic carbocycles. The number of carbonyl (C=O) groups is 1. The van der Waals surface area contributed by atoms with Crippen molar-refractivity contribution < 1.29 is 18.3 Å². The van der Waals surface area contributed by atoms with Gasteiger partial charge in [-0.1, -0.05) is 0 Å². The fraction of sp³-hybridized carbons (Fsp3) is 0.917. The molecular formula is C12H22N2O4S. The lowest BCUT2D eigenvalue weighted by molar-refractivity contribution is -0.151. The Morgan fingerprint density at radius 3 is 2.47 bits per heavy atom. The van der Waals surface area contributed by atoms with Crippen molar-refractivity contribution in [3.63, 3.8) is 0 Å². The third kappa shape index (κ3) is 3.27. The molecule has 2 N–H and O–H groups in total. The molecular weight excluding hydrogens is 268 g/mol. The minimum Gasteiger partial charge on any atom is -0.481 e. The zero-order valence-electron chi connectivity index (χ0n) is 11.4. The average Bonchev–Trinajstić information content (AvgIpc) is 3.12.